The van der Waals surface area contributed by atoms with Gasteiger partial charge in [-0.3, -0.25) is 4.57 Å². The highest BCUT2D eigenvalue weighted by Gasteiger charge is 2.28. The molecule has 0 saturated heterocycles. The molecule has 0 aliphatic carbocycles. The number of hydrogen-bond donors (Lipinski definition) is 2. The summed E-state index contributed by atoms with van der Waals surface area (Å²) in [6.07, 6.45) is 2.08. The zero-order chi connectivity index (χ0) is 14.9. The van der Waals surface area contributed by atoms with E-state index in [2.05, 4.69) is 34.8 Å². The highest BCUT2D eigenvalue weighted by molar-refractivity contribution is 9.08. The van der Waals surface area contributed by atoms with Crippen LogP contribution in [-0.2, 0) is 16.3 Å². The van der Waals surface area contributed by atoms with Crippen molar-refractivity contribution in [3.63, 3.8) is 0 Å². The quantitative estimate of drug-likeness (QED) is 0.614. The number of hydrogen-bond acceptors (Lipinski definition) is 4. The zero-order valence-electron chi connectivity index (χ0n) is 11.0. The summed E-state index contributed by atoms with van der Waals surface area (Å²) >= 11 is 4.89. The number of aromatic nitrogens is 1. The first-order valence-corrected chi connectivity index (χ1v) is 9.56. The molecule has 2 heterocycles. The van der Waals surface area contributed by atoms with Gasteiger partial charge in [0.25, 0.3) is 0 Å². The molecule has 0 aromatic carbocycles. The second-order valence-corrected chi connectivity index (χ2v) is 8.09. The third kappa shape index (κ3) is 3.40. The lowest BCUT2D eigenvalue weighted by atomic mass is 10.1. The Morgan fingerprint density at radius 2 is 2.20 bits per heavy atom. The molecule has 0 fully saturated rings. The van der Waals surface area contributed by atoms with Gasteiger partial charge in [0.15, 0.2) is 5.76 Å². The van der Waals surface area contributed by atoms with Crippen LogP contribution in [0.2, 0.25) is 0 Å². The molecule has 2 rings (SSSR count). The smallest absolute Gasteiger partial charge is 0.360 e. The molecule has 2 aromatic heterocycles. The Bertz CT molecular complexity index is 646. The van der Waals surface area contributed by atoms with E-state index in [-0.39, 0.29) is 11.1 Å². The Morgan fingerprint density at radius 1 is 1.50 bits per heavy atom. The Hall–Kier alpha value is -0.460. The highest BCUT2D eigenvalue weighted by atomic mass is 79.9. The second kappa shape index (κ2) is 6.12. The van der Waals surface area contributed by atoms with E-state index in [9.17, 15) is 14.4 Å². The van der Waals surface area contributed by atoms with E-state index in [4.69, 9.17) is 4.42 Å². The molecule has 0 amide bonds. The number of thiazole rings is 1. The van der Waals surface area contributed by atoms with Crippen molar-refractivity contribution in [3.8, 4) is 11.5 Å². The standard InChI is InChI=1S/C12H15BrNO4PS/c1-7(2)5-9-11(14-10(6-13)20-9)12-8(3-4-18-12)19(15,16)17/h3-4,7H,5-6H2,1-2H3,(H2,15,16,17). The SMILES string of the molecule is CC(C)Cc1sc(CBr)nc1-c1occc1P(=O)(O)O. The molecule has 0 unspecified atom stereocenters. The second-order valence-electron chi connectivity index (χ2n) is 4.79. The average Bonchev–Trinajstić information content (AvgIpc) is 2.92. The molecular weight excluding hydrogens is 365 g/mol. The van der Waals surface area contributed by atoms with Gasteiger partial charge >= 0.3 is 7.60 Å². The van der Waals surface area contributed by atoms with Gasteiger partial charge in [-0.1, -0.05) is 29.8 Å². The lowest BCUT2D eigenvalue weighted by molar-refractivity contribution is 0.387. The van der Waals surface area contributed by atoms with Crippen LogP contribution in [0.3, 0.4) is 0 Å². The third-order valence-corrected chi connectivity index (χ3v) is 5.58. The maximum atomic E-state index is 11.5. The van der Waals surface area contributed by atoms with Gasteiger partial charge in [0.2, 0.25) is 0 Å². The van der Waals surface area contributed by atoms with Gasteiger partial charge in [0.05, 0.1) is 11.6 Å². The molecule has 2 aromatic rings. The van der Waals surface area contributed by atoms with Crippen LogP contribution in [0.15, 0.2) is 16.7 Å². The lowest BCUT2D eigenvalue weighted by Crippen LogP contribution is -2.05. The minimum Gasteiger partial charge on any atom is -0.462 e. The molecule has 0 aliphatic heterocycles. The summed E-state index contributed by atoms with van der Waals surface area (Å²) in [5.74, 6) is 0.600. The largest absolute Gasteiger partial charge is 0.462 e. The van der Waals surface area contributed by atoms with Gasteiger partial charge in [-0.2, -0.15) is 0 Å². The van der Waals surface area contributed by atoms with E-state index in [0.717, 1.165) is 16.3 Å². The van der Waals surface area contributed by atoms with E-state index in [1.54, 1.807) is 0 Å². The lowest BCUT2D eigenvalue weighted by Gasteiger charge is -2.06. The fourth-order valence-electron chi connectivity index (χ4n) is 1.85. The first kappa shape index (κ1) is 15.9. The van der Waals surface area contributed by atoms with Gasteiger partial charge in [-0.25, -0.2) is 4.98 Å². The molecule has 0 bridgehead atoms. The monoisotopic (exact) mass is 379 g/mol. The third-order valence-electron chi connectivity index (χ3n) is 2.62. The van der Waals surface area contributed by atoms with Gasteiger partial charge in [0.1, 0.15) is 16.0 Å². The maximum Gasteiger partial charge on any atom is 0.360 e. The first-order chi connectivity index (χ1) is 9.32. The average molecular weight is 380 g/mol. The van der Waals surface area contributed by atoms with E-state index in [0.29, 0.717) is 16.9 Å². The van der Waals surface area contributed by atoms with Crippen molar-refractivity contribution in [1.82, 2.24) is 4.98 Å². The van der Waals surface area contributed by atoms with Crippen LogP contribution in [0.4, 0.5) is 0 Å². The fourth-order valence-corrected chi connectivity index (χ4v) is 4.13. The van der Waals surface area contributed by atoms with Crippen LogP contribution in [0.1, 0.15) is 23.7 Å². The Balaban J connectivity index is 2.55. The van der Waals surface area contributed by atoms with Crippen molar-refractivity contribution in [2.75, 3.05) is 0 Å². The van der Waals surface area contributed by atoms with Crippen LogP contribution < -0.4 is 5.30 Å². The first-order valence-electron chi connectivity index (χ1n) is 6.01. The molecule has 0 atom stereocenters. The van der Waals surface area contributed by atoms with Gasteiger partial charge in [-0.15, -0.1) is 11.3 Å². The van der Waals surface area contributed by atoms with Crippen LogP contribution >= 0.6 is 34.9 Å². The molecule has 0 radical (unpaired) electrons. The molecule has 0 saturated carbocycles. The summed E-state index contributed by atoms with van der Waals surface area (Å²) in [5, 5.41) is 1.37. The van der Waals surface area contributed by atoms with Crippen molar-refractivity contribution >= 4 is 40.2 Å². The Labute approximate surface area is 129 Å². The molecule has 20 heavy (non-hydrogen) atoms. The molecule has 2 N–H and O–H groups in total. The summed E-state index contributed by atoms with van der Waals surface area (Å²) in [7, 11) is -4.37. The molecule has 0 aliphatic rings. The minimum absolute atomic E-state index is 0.103. The van der Waals surface area contributed by atoms with Gasteiger partial charge in [0, 0.05) is 4.88 Å². The molecule has 0 spiro atoms. The molecular formula is C12H15BrNO4PS. The maximum absolute atomic E-state index is 11.5. The fraction of sp³-hybridized carbons (Fsp3) is 0.417. The van der Waals surface area contributed by atoms with E-state index >= 15 is 0 Å². The van der Waals surface area contributed by atoms with Gasteiger partial charge < -0.3 is 14.2 Å². The summed E-state index contributed by atoms with van der Waals surface area (Å²) in [6, 6.07) is 1.31. The van der Waals surface area contributed by atoms with Crippen molar-refractivity contribution in [1.29, 1.82) is 0 Å². The normalized spacial score (nSPS) is 12.3. The predicted octanol–water partition coefficient (Wildman–Crippen LogP) is 3.30. The van der Waals surface area contributed by atoms with Crippen LogP contribution in [0, 0.1) is 5.92 Å². The number of rotatable bonds is 5. The van der Waals surface area contributed by atoms with Crippen LogP contribution in [0.5, 0.6) is 0 Å². The molecule has 8 heteroatoms. The minimum atomic E-state index is -4.37. The predicted molar refractivity (Wildman–Crippen MR) is 82.7 cm³/mol. The van der Waals surface area contributed by atoms with Crippen molar-refractivity contribution < 1.29 is 18.8 Å². The van der Waals surface area contributed by atoms with E-state index in [1.807, 2.05) is 0 Å². The Kier molecular flexibility index (Phi) is 4.87. The summed E-state index contributed by atoms with van der Waals surface area (Å²) < 4.78 is 16.8. The summed E-state index contributed by atoms with van der Waals surface area (Å²) in [5.41, 5.74) is 0.543. The number of nitrogens with zero attached hydrogens (tertiary/aromatic N) is 1. The van der Waals surface area contributed by atoms with Crippen molar-refractivity contribution in [2.45, 2.75) is 25.6 Å². The summed E-state index contributed by atoms with van der Waals surface area (Å²) in [4.78, 5) is 24.2. The van der Waals surface area contributed by atoms with Gasteiger partial charge in [-0.05, 0) is 18.4 Å². The van der Waals surface area contributed by atoms with Crippen molar-refractivity contribution in [3.05, 3.63) is 22.2 Å². The number of halogens is 1. The van der Waals surface area contributed by atoms with E-state index in [1.165, 1.54) is 23.7 Å². The van der Waals surface area contributed by atoms with Crippen LogP contribution in [-0.4, -0.2) is 14.8 Å². The zero-order valence-corrected chi connectivity index (χ0v) is 14.3. The van der Waals surface area contributed by atoms with E-state index < -0.39 is 7.60 Å². The topological polar surface area (TPSA) is 83.6 Å². The molecule has 5 nitrogen and oxygen atoms in total. The van der Waals surface area contributed by atoms with Crippen molar-refractivity contribution in [2.24, 2.45) is 5.92 Å². The summed E-state index contributed by atoms with van der Waals surface area (Å²) in [6.45, 7) is 4.17. The number of alkyl halides is 1. The number of furan rings is 1. The van der Waals surface area contributed by atoms with Crippen LogP contribution in [0.25, 0.3) is 11.5 Å². The highest BCUT2D eigenvalue weighted by Crippen LogP contribution is 2.40. The Morgan fingerprint density at radius 3 is 2.75 bits per heavy atom. The molecule has 110 valence electrons.